The molecule has 1 aliphatic rings. The minimum atomic E-state index is -0.314. The number of fused-ring (bicyclic) bond motifs is 2. The molecule has 4 aromatic heterocycles. The highest BCUT2D eigenvalue weighted by Gasteiger charge is 2.20. The number of nitrogens with one attached hydrogen (secondary N) is 4. The minimum Gasteiger partial charge on any atom is -0.384 e. The first-order chi connectivity index (χ1) is 18.0. The van der Waals surface area contributed by atoms with E-state index in [0.717, 1.165) is 66.0 Å². The number of piperidine rings is 1. The molecule has 1 aliphatic heterocycles. The molecular formula is C27H30FN9. The van der Waals surface area contributed by atoms with Gasteiger partial charge in [0.25, 0.3) is 0 Å². The SMILES string of the molecule is CN(C)CCNc1cc(F)cc(-c2cncc3[nH]c(-c4n[nH]c5ccc(C6CCNCC6)nc45)nc23)c1. The lowest BCUT2D eigenvalue weighted by Gasteiger charge is -2.22. The van der Waals surface area contributed by atoms with E-state index < -0.39 is 0 Å². The highest BCUT2D eigenvalue weighted by molar-refractivity contribution is 5.95. The van der Waals surface area contributed by atoms with E-state index in [2.05, 4.69) is 41.8 Å². The molecule has 1 saturated heterocycles. The Bertz CT molecular complexity index is 1550. The summed E-state index contributed by atoms with van der Waals surface area (Å²) in [5, 5.41) is 14.3. The maximum Gasteiger partial charge on any atom is 0.161 e. The maximum atomic E-state index is 14.6. The first kappa shape index (κ1) is 23.5. The fraction of sp³-hybridized carbons (Fsp3) is 0.333. The van der Waals surface area contributed by atoms with Gasteiger partial charge in [-0.2, -0.15) is 5.10 Å². The largest absolute Gasteiger partial charge is 0.384 e. The quantitative estimate of drug-likeness (QED) is 0.266. The number of aromatic amines is 2. The number of pyridine rings is 2. The van der Waals surface area contributed by atoms with Crippen LogP contribution in [0, 0.1) is 5.82 Å². The maximum absolute atomic E-state index is 14.6. The number of rotatable bonds is 7. The molecule has 5 heterocycles. The average molecular weight is 500 g/mol. The van der Waals surface area contributed by atoms with Crippen molar-refractivity contribution < 1.29 is 4.39 Å². The number of hydrogen-bond acceptors (Lipinski definition) is 7. The van der Waals surface area contributed by atoms with Crippen molar-refractivity contribution in [2.45, 2.75) is 18.8 Å². The van der Waals surface area contributed by atoms with Crippen molar-refractivity contribution in [1.82, 2.24) is 40.3 Å². The molecule has 190 valence electrons. The van der Waals surface area contributed by atoms with Crippen LogP contribution in [0.5, 0.6) is 0 Å². The number of H-pyrrole nitrogens is 2. The van der Waals surface area contributed by atoms with E-state index in [0.29, 0.717) is 35.1 Å². The Hall–Kier alpha value is -3.89. The molecule has 9 nitrogen and oxygen atoms in total. The number of nitrogens with zero attached hydrogens (tertiary/aromatic N) is 5. The number of anilines is 1. The van der Waals surface area contributed by atoms with Crippen LogP contribution in [0.1, 0.15) is 24.5 Å². The normalized spacial score (nSPS) is 14.7. The zero-order valence-corrected chi connectivity index (χ0v) is 21.0. The summed E-state index contributed by atoms with van der Waals surface area (Å²) in [6.45, 7) is 3.57. The molecule has 0 atom stereocenters. The fourth-order valence-corrected chi connectivity index (χ4v) is 4.95. The van der Waals surface area contributed by atoms with E-state index in [-0.39, 0.29) is 5.82 Å². The molecule has 0 radical (unpaired) electrons. The Balaban J connectivity index is 1.37. The van der Waals surface area contributed by atoms with Gasteiger partial charge in [0.1, 0.15) is 11.3 Å². The Kier molecular flexibility index (Phi) is 6.27. The second-order valence-electron chi connectivity index (χ2n) is 9.86. The van der Waals surface area contributed by atoms with Crippen molar-refractivity contribution in [3.63, 3.8) is 0 Å². The number of benzene rings is 1. The summed E-state index contributed by atoms with van der Waals surface area (Å²) in [5.41, 5.74) is 7.05. The molecule has 0 amide bonds. The Morgan fingerprint density at radius 3 is 2.73 bits per heavy atom. The summed E-state index contributed by atoms with van der Waals surface area (Å²) in [6, 6.07) is 9.09. The molecular weight excluding hydrogens is 469 g/mol. The van der Waals surface area contributed by atoms with Gasteiger partial charge in [-0.25, -0.2) is 14.4 Å². The van der Waals surface area contributed by atoms with Gasteiger partial charge in [-0.1, -0.05) is 0 Å². The number of hydrogen-bond donors (Lipinski definition) is 4. The van der Waals surface area contributed by atoms with Crippen molar-refractivity contribution in [2.75, 3.05) is 45.6 Å². The molecule has 10 heteroatoms. The summed E-state index contributed by atoms with van der Waals surface area (Å²) >= 11 is 0. The third-order valence-corrected chi connectivity index (χ3v) is 6.90. The topological polar surface area (TPSA) is 110 Å². The third kappa shape index (κ3) is 4.77. The summed E-state index contributed by atoms with van der Waals surface area (Å²) in [5.74, 6) is 0.727. The van der Waals surface area contributed by atoms with Crippen molar-refractivity contribution in [2.24, 2.45) is 0 Å². The zero-order valence-electron chi connectivity index (χ0n) is 21.0. The van der Waals surface area contributed by atoms with Gasteiger partial charge in [0, 0.05) is 42.1 Å². The van der Waals surface area contributed by atoms with Crippen molar-refractivity contribution in [3.05, 3.63) is 54.2 Å². The van der Waals surface area contributed by atoms with Gasteiger partial charge in [0.15, 0.2) is 11.5 Å². The monoisotopic (exact) mass is 499 g/mol. The molecule has 0 saturated carbocycles. The van der Waals surface area contributed by atoms with E-state index in [1.165, 1.54) is 12.1 Å². The van der Waals surface area contributed by atoms with E-state index in [9.17, 15) is 4.39 Å². The second kappa shape index (κ2) is 9.87. The van der Waals surface area contributed by atoms with Crippen molar-refractivity contribution >= 4 is 27.8 Å². The van der Waals surface area contributed by atoms with Crippen LogP contribution in [0.4, 0.5) is 10.1 Å². The summed E-state index contributed by atoms with van der Waals surface area (Å²) in [4.78, 5) is 19.7. The molecule has 37 heavy (non-hydrogen) atoms. The first-order valence-electron chi connectivity index (χ1n) is 12.6. The molecule has 1 aromatic carbocycles. The zero-order chi connectivity index (χ0) is 25.4. The van der Waals surface area contributed by atoms with Crippen LogP contribution < -0.4 is 10.6 Å². The average Bonchev–Trinajstić information content (AvgIpc) is 3.52. The first-order valence-corrected chi connectivity index (χ1v) is 12.6. The predicted molar refractivity (Wildman–Crippen MR) is 144 cm³/mol. The van der Waals surface area contributed by atoms with E-state index >= 15 is 0 Å². The molecule has 6 rings (SSSR count). The van der Waals surface area contributed by atoms with Crippen LogP contribution in [0.3, 0.4) is 0 Å². The van der Waals surface area contributed by atoms with Gasteiger partial charge in [-0.3, -0.25) is 10.1 Å². The number of likely N-dealkylation sites (N-methyl/N-ethyl adjacent to an activating group) is 1. The summed E-state index contributed by atoms with van der Waals surface area (Å²) < 4.78 is 14.6. The molecule has 4 N–H and O–H groups in total. The van der Waals surface area contributed by atoms with Crippen LogP contribution in [0.15, 0.2) is 42.7 Å². The third-order valence-electron chi connectivity index (χ3n) is 6.90. The molecule has 0 bridgehead atoms. The lowest BCUT2D eigenvalue weighted by Crippen LogP contribution is -2.27. The van der Waals surface area contributed by atoms with Gasteiger partial charge in [0.2, 0.25) is 0 Å². The smallest absolute Gasteiger partial charge is 0.161 e. The van der Waals surface area contributed by atoms with Crippen LogP contribution >= 0.6 is 0 Å². The van der Waals surface area contributed by atoms with Gasteiger partial charge in [-0.15, -0.1) is 0 Å². The summed E-state index contributed by atoms with van der Waals surface area (Å²) in [6.07, 6.45) is 5.60. The Labute approximate surface area is 213 Å². The lowest BCUT2D eigenvalue weighted by atomic mass is 9.94. The highest BCUT2D eigenvalue weighted by atomic mass is 19.1. The Morgan fingerprint density at radius 1 is 1.03 bits per heavy atom. The van der Waals surface area contributed by atoms with Gasteiger partial charge >= 0.3 is 0 Å². The molecule has 0 unspecified atom stereocenters. The van der Waals surface area contributed by atoms with E-state index in [1.807, 2.05) is 26.2 Å². The van der Waals surface area contributed by atoms with E-state index in [1.54, 1.807) is 12.4 Å². The van der Waals surface area contributed by atoms with Crippen molar-refractivity contribution in [3.8, 4) is 22.6 Å². The molecule has 0 spiro atoms. The molecule has 5 aromatic rings. The Morgan fingerprint density at radius 2 is 1.89 bits per heavy atom. The number of imidazole rings is 1. The van der Waals surface area contributed by atoms with Gasteiger partial charge in [-0.05, 0) is 75.9 Å². The van der Waals surface area contributed by atoms with E-state index in [4.69, 9.17) is 9.97 Å². The summed E-state index contributed by atoms with van der Waals surface area (Å²) in [7, 11) is 4.01. The van der Waals surface area contributed by atoms with Crippen LogP contribution in [0.2, 0.25) is 0 Å². The standard InChI is InChI=1S/C27H30FN9/c1-37(2)10-9-31-19-12-17(11-18(28)13-19)20-14-30-15-23-24(20)34-27(33-23)26-25-22(35-36-26)4-3-21(32-25)16-5-7-29-8-6-16/h3-4,11-16,29,31H,5-10H2,1-2H3,(H,33,34)(H,35,36). The second-order valence-corrected chi connectivity index (χ2v) is 9.86. The fourth-order valence-electron chi connectivity index (χ4n) is 4.95. The lowest BCUT2D eigenvalue weighted by molar-refractivity contribution is 0.425. The minimum absolute atomic E-state index is 0.314. The van der Waals surface area contributed by atoms with Crippen molar-refractivity contribution in [1.29, 1.82) is 0 Å². The number of aromatic nitrogens is 6. The molecule has 0 aliphatic carbocycles. The van der Waals surface area contributed by atoms with Gasteiger partial charge in [0.05, 0.1) is 22.7 Å². The van der Waals surface area contributed by atoms with Crippen LogP contribution in [-0.2, 0) is 0 Å². The highest BCUT2D eigenvalue weighted by Crippen LogP contribution is 2.33. The number of halogens is 1. The van der Waals surface area contributed by atoms with Gasteiger partial charge < -0.3 is 20.5 Å². The molecule has 1 fully saturated rings. The van der Waals surface area contributed by atoms with Crippen LogP contribution in [-0.4, -0.2) is 75.3 Å². The van der Waals surface area contributed by atoms with Crippen LogP contribution in [0.25, 0.3) is 44.7 Å². The predicted octanol–water partition coefficient (Wildman–Crippen LogP) is 4.14.